The molecule has 2 N–H and O–H groups in total. The number of carbonyl (C=O) groups excluding carboxylic acids is 1. The summed E-state index contributed by atoms with van der Waals surface area (Å²) in [5, 5.41) is 13.2. The van der Waals surface area contributed by atoms with Gasteiger partial charge < -0.3 is 9.73 Å². The SMILES string of the molecule is O=C(Cn1nc(-c2ccco2)ccc1=O)Nc1ccc(-c2ccc(=O)[nH]n2)cc1. The maximum atomic E-state index is 12.3. The second kappa shape index (κ2) is 7.77. The van der Waals surface area contributed by atoms with Crippen LogP contribution in [0.15, 0.2) is 80.9 Å². The number of hydrogen-bond acceptors (Lipinski definition) is 6. The lowest BCUT2D eigenvalue weighted by Gasteiger charge is -2.08. The number of aromatic amines is 1. The first-order chi connectivity index (χ1) is 14.1. The van der Waals surface area contributed by atoms with Crippen LogP contribution < -0.4 is 16.4 Å². The van der Waals surface area contributed by atoms with Crippen LogP contribution in [0.1, 0.15) is 0 Å². The average molecular weight is 389 g/mol. The van der Waals surface area contributed by atoms with Gasteiger partial charge in [0.05, 0.1) is 12.0 Å². The van der Waals surface area contributed by atoms with E-state index in [0.717, 1.165) is 10.2 Å². The number of benzene rings is 1. The zero-order valence-electron chi connectivity index (χ0n) is 15.0. The summed E-state index contributed by atoms with van der Waals surface area (Å²) in [5.41, 5.74) is 1.72. The number of nitrogens with zero attached hydrogens (tertiary/aromatic N) is 3. The highest BCUT2D eigenvalue weighted by Crippen LogP contribution is 2.18. The molecule has 0 saturated carbocycles. The molecule has 9 nitrogen and oxygen atoms in total. The van der Waals surface area contributed by atoms with Gasteiger partial charge in [-0.05, 0) is 36.4 Å². The molecule has 9 heteroatoms. The van der Waals surface area contributed by atoms with Crippen molar-refractivity contribution in [2.45, 2.75) is 6.54 Å². The van der Waals surface area contributed by atoms with Crippen LogP contribution in [-0.4, -0.2) is 25.9 Å². The van der Waals surface area contributed by atoms with E-state index in [1.54, 1.807) is 48.5 Å². The molecule has 0 aliphatic heterocycles. The minimum atomic E-state index is -0.397. The third-order valence-electron chi connectivity index (χ3n) is 4.08. The molecule has 3 aromatic heterocycles. The molecule has 144 valence electrons. The number of rotatable bonds is 5. The van der Waals surface area contributed by atoms with E-state index in [4.69, 9.17) is 4.42 Å². The summed E-state index contributed by atoms with van der Waals surface area (Å²) in [5.74, 6) is 0.108. The van der Waals surface area contributed by atoms with Crippen LogP contribution in [0, 0.1) is 0 Å². The highest BCUT2D eigenvalue weighted by molar-refractivity contribution is 5.90. The van der Waals surface area contributed by atoms with Crippen LogP contribution in [-0.2, 0) is 11.3 Å². The Bertz CT molecular complexity index is 1240. The minimum absolute atomic E-state index is 0.239. The minimum Gasteiger partial charge on any atom is -0.463 e. The average Bonchev–Trinajstić information content (AvgIpc) is 3.26. The molecule has 4 rings (SSSR count). The number of nitrogens with one attached hydrogen (secondary N) is 2. The second-order valence-electron chi connectivity index (χ2n) is 6.12. The summed E-state index contributed by atoms with van der Waals surface area (Å²) < 4.78 is 6.34. The summed E-state index contributed by atoms with van der Waals surface area (Å²) >= 11 is 0. The lowest BCUT2D eigenvalue weighted by atomic mass is 10.1. The number of amides is 1. The first-order valence-corrected chi connectivity index (χ1v) is 8.66. The van der Waals surface area contributed by atoms with Crippen molar-refractivity contribution in [1.29, 1.82) is 0 Å². The molecular formula is C20H15N5O4. The quantitative estimate of drug-likeness (QED) is 0.537. The van der Waals surface area contributed by atoms with Crippen molar-refractivity contribution in [3.63, 3.8) is 0 Å². The van der Waals surface area contributed by atoms with Crippen molar-refractivity contribution in [2.75, 3.05) is 5.32 Å². The molecule has 0 fully saturated rings. The van der Waals surface area contributed by atoms with Crippen molar-refractivity contribution in [1.82, 2.24) is 20.0 Å². The Balaban J connectivity index is 1.46. The van der Waals surface area contributed by atoms with Crippen molar-refractivity contribution in [3.05, 3.63) is 87.6 Å². The van der Waals surface area contributed by atoms with Gasteiger partial charge in [-0.1, -0.05) is 12.1 Å². The van der Waals surface area contributed by atoms with Crippen LogP contribution in [0.25, 0.3) is 22.7 Å². The van der Waals surface area contributed by atoms with E-state index in [1.807, 2.05) is 0 Å². The van der Waals surface area contributed by atoms with E-state index in [9.17, 15) is 14.4 Å². The van der Waals surface area contributed by atoms with Crippen molar-refractivity contribution >= 4 is 11.6 Å². The zero-order valence-corrected chi connectivity index (χ0v) is 15.0. The summed E-state index contributed by atoms with van der Waals surface area (Å²) in [6.45, 7) is -0.239. The van der Waals surface area contributed by atoms with Crippen molar-refractivity contribution < 1.29 is 9.21 Å². The smallest absolute Gasteiger partial charge is 0.267 e. The Kier molecular flexibility index (Phi) is 4.85. The maximum absolute atomic E-state index is 12.3. The number of H-pyrrole nitrogens is 1. The normalized spacial score (nSPS) is 10.6. The van der Waals surface area contributed by atoms with E-state index < -0.39 is 11.5 Å². The largest absolute Gasteiger partial charge is 0.463 e. The molecule has 1 amide bonds. The monoisotopic (exact) mass is 389 g/mol. The van der Waals surface area contributed by atoms with Gasteiger partial charge in [0.15, 0.2) is 5.76 Å². The van der Waals surface area contributed by atoms with Crippen LogP contribution >= 0.6 is 0 Å². The number of hydrogen-bond donors (Lipinski definition) is 2. The van der Waals surface area contributed by atoms with E-state index in [2.05, 4.69) is 20.6 Å². The highest BCUT2D eigenvalue weighted by Gasteiger charge is 2.10. The van der Waals surface area contributed by atoms with Gasteiger partial charge in [-0.15, -0.1) is 0 Å². The molecule has 0 atom stereocenters. The lowest BCUT2D eigenvalue weighted by Crippen LogP contribution is -2.29. The Labute approximate surface area is 163 Å². The van der Waals surface area contributed by atoms with E-state index in [0.29, 0.717) is 22.8 Å². The second-order valence-corrected chi connectivity index (χ2v) is 6.12. The van der Waals surface area contributed by atoms with Gasteiger partial charge in [-0.25, -0.2) is 9.78 Å². The summed E-state index contributed by atoms with van der Waals surface area (Å²) in [7, 11) is 0. The van der Waals surface area contributed by atoms with E-state index in [1.165, 1.54) is 18.4 Å². The molecule has 4 aromatic rings. The van der Waals surface area contributed by atoms with Gasteiger partial charge in [0.2, 0.25) is 5.91 Å². The first-order valence-electron chi connectivity index (χ1n) is 8.66. The molecule has 0 saturated heterocycles. The Hall–Kier alpha value is -4.27. The molecule has 0 bridgehead atoms. The zero-order chi connectivity index (χ0) is 20.2. The van der Waals surface area contributed by atoms with Gasteiger partial charge >= 0.3 is 0 Å². The summed E-state index contributed by atoms with van der Waals surface area (Å²) in [6, 6.07) is 16.2. The number of anilines is 1. The molecule has 0 radical (unpaired) electrons. The Morgan fingerprint density at radius 3 is 2.48 bits per heavy atom. The van der Waals surface area contributed by atoms with Gasteiger partial charge in [0.1, 0.15) is 12.2 Å². The Morgan fingerprint density at radius 2 is 1.79 bits per heavy atom. The predicted octanol–water partition coefficient (Wildman–Crippen LogP) is 1.89. The van der Waals surface area contributed by atoms with Crippen LogP contribution in [0.2, 0.25) is 0 Å². The molecule has 0 aliphatic carbocycles. The Morgan fingerprint density at radius 1 is 1.00 bits per heavy atom. The molecule has 0 unspecified atom stereocenters. The fraction of sp³-hybridized carbons (Fsp3) is 0.0500. The van der Waals surface area contributed by atoms with E-state index in [-0.39, 0.29) is 12.1 Å². The number of furan rings is 1. The molecule has 29 heavy (non-hydrogen) atoms. The fourth-order valence-electron chi connectivity index (χ4n) is 2.68. The van der Waals surface area contributed by atoms with Crippen LogP contribution in [0.3, 0.4) is 0 Å². The van der Waals surface area contributed by atoms with Crippen LogP contribution in [0.5, 0.6) is 0 Å². The molecule has 1 aromatic carbocycles. The predicted molar refractivity (Wildman–Crippen MR) is 105 cm³/mol. The molecule has 0 aliphatic rings. The van der Waals surface area contributed by atoms with E-state index >= 15 is 0 Å². The standard InChI is InChI=1S/C20H15N5O4/c26-18-9-7-15(22-23-18)13-3-5-14(6-4-13)21-19(27)12-25-20(28)10-8-16(24-25)17-2-1-11-29-17/h1-11H,12H2,(H,21,27)(H,23,26). The highest BCUT2D eigenvalue weighted by atomic mass is 16.3. The van der Waals surface area contributed by atoms with Crippen molar-refractivity contribution in [2.24, 2.45) is 0 Å². The van der Waals surface area contributed by atoms with Crippen LogP contribution in [0.4, 0.5) is 5.69 Å². The van der Waals surface area contributed by atoms with Gasteiger partial charge in [-0.2, -0.15) is 10.2 Å². The first kappa shape index (κ1) is 18.1. The molecule has 0 spiro atoms. The third-order valence-corrected chi connectivity index (χ3v) is 4.08. The maximum Gasteiger partial charge on any atom is 0.267 e. The summed E-state index contributed by atoms with van der Waals surface area (Å²) in [4.78, 5) is 35.4. The topological polar surface area (TPSA) is 123 Å². The van der Waals surface area contributed by atoms with Gasteiger partial charge in [-0.3, -0.25) is 14.4 Å². The number of aromatic nitrogens is 4. The third kappa shape index (κ3) is 4.19. The lowest BCUT2D eigenvalue weighted by molar-refractivity contribution is -0.117. The number of carbonyl (C=O) groups is 1. The molecular weight excluding hydrogens is 374 g/mol. The van der Waals surface area contributed by atoms with Gasteiger partial charge in [0.25, 0.3) is 11.1 Å². The molecule has 3 heterocycles. The van der Waals surface area contributed by atoms with Gasteiger partial charge in [0, 0.05) is 23.4 Å². The summed E-state index contributed by atoms with van der Waals surface area (Å²) in [6.07, 6.45) is 1.51. The van der Waals surface area contributed by atoms with Crippen molar-refractivity contribution in [3.8, 4) is 22.7 Å². The fourth-order valence-corrected chi connectivity index (χ4v) is 2.68.